The Hall–Kier alpha value is -2.20. The molecule has 0 unspecified atom stereocenters. The molecule has 0 saturated carbocycles. The van der Waals surface area contributed by atoms with Gasteiger partial charge in [0.05, 0.1) is 11.8 Å². The molecule has 0 bridgehead atoms. The highest BCUT2D eigenvalue weighted by molar-refractivity contribution is 5.94. The number of carbonyl (C=O) groups excluding carboxylic acids is 1. The summed E-state index contributed by atoms with van der Waals surface area (Å²) in [5, 5.41) is 0. The normalized spacial score (nSPS) is 16.5. The van der Waals surface area contributed by atoms with E-state index in [0.717, 1.165) is 61.3 Å². The quantitative estimate of drug-likeness (QED) is 0.716. The van der Waals surface area contributed by atoms with E-state index in [1.807, 2.05) is 42.3 Å². The molecular formula is C23H30N2O2. The van der Waals surface area contributed by atoms with Gasteiger partial charge in [0.25, 0.3) is 5.91 Å². The minimum atomic E-state index is 0.0694. The zero-order valence-corrected chi connectivity index (χ0v) is 16.7. The Labute approximate surface area is 162 Å². The van der Waals surface area contributed by atoms with Gasteiger partial charge in [0, 0.05) is 37.0 Å². The van der Waals surface area contributed by atoms with Crippen LogP contribution in [0.1, 0.15) is 54.2 Å². The summed E-state index contributed by atoms with van der Waals surface area (Å²) in [6.07, 6.45) is 5.66. The molecule has 1 fully saturated rings. The first kappa shape index (κ1) is 19.6. The highest BCUT2D eigenvalue weighted by Gasteiger charge is 2.17. The van der Waals surface area contributed by atoms with Gasteiger partial charge in [-0.2, -0.15) is 0 Å². The minimum absolute atomic E-state index is 0.0694. The van der Waals surface area contributed by atoms with Crippen LogP contribution in [0.5, 0.6) is 0 Å². The van der Waals surface area contributed by atoms with E-state index in [-0.39, 0.29) is 5.91 Å². The number of aryl methyl sites for hydroxylation is 2. The van der Waals surface area contributed by atoms with E-state index >= 15 is 0 Å². The van der Waals surface area contributed by atoms with Gasteiger partial charge in [-0.3, -0.25) is 9.78 Å². The second kappa shape index (κ2) is 9.14. The van der Waals surface area contributed by atoms with Crippen molar-refractivity contribution in [1.29, 1.82) is 0 Å². The molecule has 1 aliphatic rings. The molecule has 3 rings (SSSR count). The number of nitrogens with zero attached hydrogens (tertiary/aromatic N) is 2. The number of aromatic nitrogens is 1. The van der Waals surface area contributed by atoms with Crippen LogP contribution < -0.4 is 0 Å². The summed E-state index contributed by atoms with van der Waals surface area (Å²) in [6, 6.07) is 11.9. The molecule has 1 aromatic heterocycles. The monoisotopic (exact) mass is 366 g/mol. The minimum Gasteiger partial charge on any atom is -0.378 e. The van der Waals surface area contributed by atoms with Crippen molar-refractivity contribution in [3.63, 3.8) is 0 Å². The zero-order chi connectivity index (χ0) is 19.2. The molecule has 1 saturated heterocycles. The molecule has 2 heterocycles. The Morgan fingerprint density at radius 2 is 2.00 bits per heavy atom. The maximum absolute atomic E-state index is 12.6. The molecule has 0 N–H and O–H groups in total. The zero-order valence-electron chi connectivity index (χ0n) is 16.7. The number of carbonyl (C=O) groups is 1. The van der Waals surface area contributed by atoms with Crippen LogP contribution >= 0.6 is 0 Å². The number of rotatable bonds is 7. The van der Waals surface area contributed by atoms with Crippen molar-refractivity contribution < 1.29 is 9.53 Å². The Morgan fingerprint density at radius 1 is 1.22 bits per heavy atom. The summed E-state index contributed by atoms with van der Waals surface area (Å²) >= 11 is 0. The van der Waals surface area contributed by atoms with Crippen LogP contribution in [0.25, 0.3) is 11.3 Å². The number of pyridine rings is 1. The van der Waals surface area contributed by atoms with Crippen LogP contribution in [0, 0.1) is 6.92 Å². The van der Waals surface area contributed by atoms with E-state index in [1.54, 1.807) is 0 Å². The van der Waals surface area contributed by atoms with Gasteiger partial charge in [-0.25, -0.2) is 0 Å². The van der Waals surface area contributed by atoms with Crippen molar-refractivity contribution in [2.45, 2.75) is 52.1 Å². The molecule has 4 heteroatoms. The summed E-state index contributed by atoms with van der Waals surface area (Å²) in [4.78, 5) is 19.2. The fourth-order valence-corrected chi connectivity index (χ4v) is 3.62. The van der Waals surface area contributed by atoms with E-state index in [2.05, 4.69) is 19.9 Å². The van der Waals surface area contributed by atoms with E-state index < -0.39 is 0 Å². The highest BCUT2D eigenvalue weighted by atomic mass is 16.5. The van der Waals surface area contributed by atoms with Gasteiger partial charge in [-0.05, 0) is 62.8 Å². The predicted octanol–water partition coefficient (Wildman–Crippen LogP) is 4.65. The summed E-state index contributed by atoms with van der Waals surface area (Å²) in [5.41, 5.74) is 5.07. The number of hydrogen-bond donors (Lipinski definition) is 0. The molecule has 2 aromatic rings. The van der Waals surface area contributed by atoms with Crippen LogP contribution in [0.3, 0.4) is 0 Å². The van der Waals surface area contributed by atoms with Crippen molar-refractivity contribution >= 4 is 5.91 Å². The van der Waals surface area contributed by atoms with E-state index in [9.17, 15) is 4.79 Å². The third-order valence-electron chi connectivity index (χ3n) is 5.35. The van der Waals surface area contributed by atoms with E-state index in [1.165, 1.54) is 12.0 Å². The number of ether oxygens (including phenoxy) is 1. The fraction of sp³-hybridized carbons (Fsp3) is 0.478. The predicted molar refractivity (Wildman–Crippen MR) is 109 cm³/mol. The van der Waals surface area contributed by atoms with Gasteiger partial charge in [0.2, 0.25) is 0 Å². The molecule has 0 radical (unpaired) electrons. The molecule has 1 atom stereocenters. The van der Waals surface area contributed by atoms with Gasteiger partial charge in [-0.15, -0.1) is 0 Å². The largest absolute Gasteiger partial charge is 0.378 e. The average molecular weight is 367 g/mol. The smallest absolute Gasteiger partial charge is 0.253 e. The summed E-state index contributed by atoms with van der Waals surface area (Å²) in [6.45, 7) is 5.86. The van der Waals surface area contributed by atoms with Crippen LogP contribution in [0.2, 0.25) is 0 Å². The van der Waals surface area contributed by atoms with Crippen molar-refractivity contribution in [3.05, 3.63) is 53.2 Å². The second-order valence-corrected chi connectivity index (χ2v) is 7.39. The Bertz CT molecular complexity index is 764. The first-order valence-electron chi connectivity index (χ1n) is 10.0. The topological polar surface area (TPSA) is 42.4 Å². The highest BCUT2D eigenvalue weighted by Crippen LogP contribution is 2.21. The molecule has 27 heavy (non-hydrogen) atoms. The SMILES string of the molecule is CCc1nc(-c2ccc(C(=O)N(C)CCC[C@@H]3CCCO3)cc2)ccc1C. The van der Waals surface area contributed by atoms with Crippen LogP contribution in [-0.2, 0) is 11.2 Å². The number of benzene rings is 1. The summed E-state index contributed by atoms with van der Waals surface area (Å²) < 4.78 is 5.65. The molecule has 0 spiro atoms. The molecule has 144 valence electrons. The van der Waals surface area contributed by atoms with Gasteiger partial charge in [-0.1, -0.05) is 25.1 Å². The Kier molecular flexibility index (Phi) is 6.62. The maximum Gasteiger partial charge on any atom is 0.253 e. The van der Waals surface area contributed by atoms with Crippen LogP contribution in [-0.4, -0.2) is 42.1 Å². The van der Waals surface area contributed by atoms with Gasteiger partial charge < -0.3 is 9.64 Å². The fourth-order valence-electron chi connectivity index (χ4n) is 3.62. The molecular weight excluding hydrogens is 336 g/mol. The van der Waals surface area contributed by atoms with Gasteiger partial charge in [0.1, 0.15) is 0 Å². The lowest BCUT2D eigenvalue weighted by Crippen LogP contribution is -2.28. The first-order chi connectivity index (χ1) is 13.1. The maximum atomic E-state index is 12.6. The van der Waals surface area contributed by atoms with Crippen molar-refractivity contribution in [2.24, 2.45) is 0 Å². The number of amides is 1. The Balaban J connectivity index is 1.59. The molecule has 4 nitrogen and oxygen atoms in total. The Morgan fingerprint density at radius 3 is 2.67 bits per heavy atom. The van der Waals surface area contributed by atoms with Gasteiger partial charge >= 0.3 is 0 Å². The third-order valence-corrected chi connectivity index (χ3v) is 5.35. The van der Waals surface area contributed by atoms with E-state index in [4.69, 9.17) is 9.72 Å². The van der Waals surface area contributed by atoms with Crippen molar-refractivity contribution in [1.82, 2.24) is 9.88 Å². The van der Waals surface area contributed by atoms with Gasteiger partial charge in [0.15, 0.2) is 0 Å². The summed E-state index contributed by atoms with van der Waals surface area (Å²) in [5.74, 6) is 0.0694. The summed E-state index contributed by atoms with van der Waals surface area (Å²) in [7, 11) is 1.88. The van der Waals surface area contributed by atoms with Crippen LogP contribution in [0.15, 0.2) is 36.4 Å². The van der Waals surface area contributed by atoms with Crippen LogP contribution in [0.4, 0.5) is 0 Å². The lowest BCUT2D eigenvalue weighted by Gasteiger charge is -2.18. The lowest BCUT2D eigenvalue weighted by atomic mass is 10.1. The molecule has 1 amide bonds. The lowest BCUT2D eigenvalue weighted by molar-refractivity contribution is 0.0763. The third kappa shape index (κ3) is 4.95. The first-order valence-corrected chi connectivity index (χ1v) is 10.0. The second-order valence-electron chi connectivity index (χ2n) is 7.39. The average Bonchev–Trinajstić information content (AvgIpc) is 3.21. The molecule has 0 aliphatic carbocycles. The van der Waals surface area contributed by atoms with Crippen molar-refractivity contribution in [3.8, 4) is 11.3 Å². The number of hydrogen-bond acceptors (Lipinski definition) is 3. The standard InChI is InChI=1S/C23H30N2O2/c1-4-21-17(2)9-14-22(24-21)18-10-12-19(13-11-18)23(26)25(3)15-5-7-20-8-6-16-27-20/h9-14,20H,4-8,15-16H2,1-3H3/t20-/m1/s1. The van der Waals surface area contributed by atoms with E-state index in [0.29, 0.717) is 6.10 Å². The molecule has 1 aliphatic heterocycles. The molecule has 1 aromatic carbocycles. The van der Waals surface area contributed by atoms with Crippen molar-refractivity contribution in [2.75, 3.05) is 20.2 Å².